The molecule has 1 amide bonds. The van der Waals surface area contributed by atoms with Gasteiger partial charge in [0.25, 0.3) is 5.91 Å². The van der Waals surface area contributed by atoms with Gasteiger partial charge in [-0.05, 0) is 65.7 Å². The smallest absolute Gasteiger partial charge is 0.264 e. The first-order valence-corrected chi connectivity index (χ1v) is 9.51. The van der Waals surface area contributed by atoms with Crippen molar-refractivity contribution in [1.29, 1.82) is 0 Å². The lowest BCUT2D eigenvalue weighted by molar-refractivity contribution is -0.115. The number of hydrogen-bond acceptors (Lipinski definition) is 5. The molecule has 0 unspecified atom stereocenters. The van der Waals surface area contributed by atoms with Crippen LogP contribution in [-0.4, -0.2) is 24.8 Å². The molecule has 1 saturated heterocycles. The molecule has 0 radical (unpaired) electrons. The van der Waals surface area contributed by atoms with Gasteiger partial charge in [-0.25, -0.2) is 4.99 Å². The molecule has 1 N–H and O–H groups in total. The van der Waals surface area contributed by atoms with Gasteiger partial charge in [0.15, 0.2) is 5.17 Å². The average Bonchev–Trinajstić information content (AvgIpc) is 3.00. The summed E-state index contributed by atoms with van der Waals surface area (Å²) in [6, 6.07) is 15.1. The van der Waals surface area contributed by atoms with Crippen molar-refractivity contribution in [3.63, 3.8) is 0 Å². The summed E-state index contributed by atoms with van der Waals surface area (Å²) in [6.45, 7) is 4.91. The standard InChI is InChI=1S/C21H22N2O3S/c1-14(2)13-26-18-8-4-15(5-9-18)12-19-20(24)23-21(27-19)22-16-6-10-17(25-3)11-7-16/h4-12,14H,13H2,1-3H3,(H,22,23,24). The number of nitrogens with zero attached hydrogens (tertiary/aromatic N) is 1. The maximum atomic E-state index is 12.2. The number of methoxy groups -OCH3 is 1. The third-order valence-electron chi connectivity index (χ3n) is 3.72. The number of carbonyl (C=O) groups is 1. The summed E-state index contributed by atoms with van der Waals surface area (Å²) in [7, 11) is 1.62. The Kier molecular flexibility index (Phi) is 6.19. The van der Waals surface area contributed by atoms with Crippen molar-refractivity contribution in [2.24, 2.45) is 10.9 Å². The highest BCUT2D eigenvalue weighted by molar-refractivity contribution is 8.18. The lowest BCUT2D eigenvalue weighted by atomic mass is 10.2. The minimum absolute atomic E-state index is 0.146. The fourth-order valence-electron chi connectivity index (χ4n) is 2.33. The molecule has 140 valence electrons. The highest BCUT2D eigenvalue weighted by Crippen LogP contribution is 2.29. The van der Waals surface area contributed by atoms with Crippen LogP contribution >= 0.6 is 11.8 Å². The van der Waals surface area contributed by atoms with Crippen LogP contribution in [0, 0.1) is 5.92 Å². The summed E-state index contributed by atoms with van der Waals surface area (Å²) in [5.74, 6) is 1.93. The Hall–Kier alpha value is -2.73. The fraction of sp³-hybridized carbons (Fsp3) is 0.238. The Bertz CT molecular complexity index is 856. The van der Waals surface area contributed by atoms with E-state index in [2.05, 4.69) is 24.2 Å². The number of thioether (sulfide) groups is 1. The van der Waals surface area contributed by atoms with E-state index < -0.39 is 0 Å². The van der Waals surface area contributed by atoms with Crippen molar-refractivity contribution < 1.29 is 14.3 Å². The summed E-state index contributed by atoms with van der Waals surface area (Å²) >= 11 is 1.32. The van der Waals surface area contributed by atoms with Gasteiger partial charge < -0.3 is 14.8 Å². The van der Waals surface area contributed by atoms with E-state index in [1.54, 1.807) is 7.11 Å². The van der Waals surface area contributed by atoms with Crippen LogP contribution in [-0.2, 0) is 4.79 Å². The lowest BCUT2D eigenvalue weighted by Crippen LogP contribution is -2.19. The van der Waals surface area contributed by atoms with Gasteiger partial charge in [0.1, 0.15) is 11.5 Å². The lowest BCUT2D eigenvalue weighted by Gasteiger charge is -2.08. The average molecular weight is 382 g/mol. The summed E-state index contributed by atoms with van der Waals surface area (Å²) in [6.07, 6.45) is 1.85. The molecular formula is C21H22N2O3S. The van der Waals surface area contributed by atoms with Crippen molar-refractivity contribution in [2.45, 2.75) is 13.8 Å². The molecule has 1 aliphatic rings. The number of benzene rings is 2. The van der Waals surface area contributed by atoms with E-state index in [4.69, 9.17) is 9.47 Å². The predicted octanol–water partition coefficient (Wildman–Crippen LogP) is 4.62. The molecule has 0 aliphatic carbocycles. The third-order valence-corrected chi connectivity index (χ3v) is 4.63. The Morgan fingerprint density at radius 1 is 1.07 bits per heavy atom. The monoisotopic (exact) mass is 382 g/mol. The molecule has 0 bridgehead atoms. The van der Waals surface area contributed by atoms with E-state index in [-0.39, 0.29) is 5.91 Å². The molecule has 6 heteroatoms. The molecule has 2 aromatic carbocycles. The Morgan fingerprint density at radius 2 is 1.74 bits per heavy atom. The number of hydrogen-bond donors (Lipinski definition) is 1. The molecule has 3 rings (SSSR count). The topological polar surface area (TPSA) is 59.9 Å². The number of ether oxygens (including phenoxy) is 2. The summed E-state index contributed by atoms with van der Waals surface area (Å²) < 4.78 is 10.8. The highest BCUT2D eigenvalue weighted by Gasteiger charge is 2.23. The van der Waals surface area contributed by atoms with Crippen molar-refractivity contribution in [2.75, 3.05) is 13.7 Å². The van der Waals surface area contributed by atoms with E-state index in [0.29, 0.717) is 22.6 Å². The fourth-order valence-corrected chi connectivity index (χ4v) is 3.17. The maximum Gasteiger partial charge on any atom is 0.264 e. The molecule has 27 heavy (non-hydrogen) atoms. The van der Waals surface area contributed by atoms with Gasteiger partial charge in [0.05, 0.1) is 24.3 Å². The Labute approximate surface area is 163 Å². The van der Waals surface area contributed by atoms with Crippen molar-refractivity contribution in [3.8, 4) is 11.5 Å². The molecule has 5 nitrogen and oxygen atoms in total. The first-order chi connectivity index (χ1) is 13.0. The normalized spacial score (nSPS) is 16.8. The van der Waals surface area contributed by atoms with Gasteiger partial charge in [0.2, 0.25) is 0 Å². The SMILES string of the molecule is COc1ccc(N=C2NC(=O)C(=Cc3ccc(OCC(C)C)cc3)S2)cc1. The van der Waals surface area contributed by atoms with E-state index >= 15 is 0 Å². The highest BCUT2D eigenvalue weighted by atomic mass is 32.2. The number of aliphatic imine (C=N–C) groups is 1. The van der Waals surface area contributed by atoms with Crippen LogP contribution in [0.3, 0.4) is 0 Å². The molecule has 1 heterocycles. The Balaban J connectivity index is 1.68. The second-order valence-electron chi connectivity index (χ2n) is 6.45. The Morgan fingerprint density at radius 3 is 2.37 bits per heavy atom. The van der Waals surface area contributed by atoms with E-state index in [1.807, 2.05) is 54.6 Å². The van der Waals surface area contributed by atoms with Crippen LogP contribution < -0.4 is 14.8 Å². The third kappa shape index (κ3) is 5.37. The zero-order valence-corrected chi connectivity index (χ0v) is 16.4. The minimum atomic E-state index is -0.146. The number of rotatable bonds is 6. The van der Waals surface area contributed by atoms with E-state index in [1.165, 1.54) is 11.8 Å². The molecule has 0 aromatic heterocycles. The second-order valence-corrected chi connectivity index (χ2v) is 7.48. The van der Waals surface area contributed by atoms with Crippen molar-refractivity contribution in [3.05, 3.63) is 59.0 Å². The van der Waals surface area contributed by atoms with Crippen LogP contribution in [0.5, 0.6) is 11.5 Å². The number of amides is 1. The van der Waals surface area contributed by atoms with Crippen molar-refractivity contribution in [1.82, 2.24) is 5.32 Å². The molecule has 2 aromatic rings. The van der Waals surface area contributed by atoms with Gasteiger partial charge in [-0.3, -0.25) is 4.79 Å². The molecule has 0 spiro atoms. The van der Waals surface area contributed by atoms with Crippen LogP contribution in [0.1, 0.15) is 19.4 Å². The largest absolute Gasteiger partial charge is 0.497 e. The van der Waals surface area contributed by atoms with Crippen LogP contribution in [0.2, 0.25) is 0 Å². The zero-order chi connectivity index (χ0) is 19.2. The van der Waals surface area contributed by atoms with Crippen LogP contribution in [0.15, 0.2) is 58.4 Å². The predicted molar refractivity (Wildman–Crippen MR) is 111 cm³/mol. The molecule has 1 aliphatic heterocycles. The first-order valence-electron chi connectivity index (χ1n) is 8.70. The quantitative estimate of drug-likeness (QED) is 0.741. The van der Waals surface area contributed by atoms with Gasteiger partial charge in [0, 0.05) is 0 Å². The van der Waals surface area contributed by atoms with Gasteiger partial charge in [-0.15, -0.1) is 0 Å². The van der Waals surface area contributed by atoms with Gasteiger partial charge in [-0.1, -0.05) is 26.0 Å². The summed E-state index contributed by atoms with van der Waals surface area (Å²) in [5.41, 5.74) is 1.70. The molecule has 0 saturated carbocycles. The van der Waals surface area contributed by atoms with Crippen molar-refractivity contribution >= 4 is 34.6 Å². The summed E-state index contributed by atoms with van der Waals surface area (Å²) in [4.78, 5) is 17.3. The zero-order valence-electron chi connectivity index (χ0n) is 15.6. The number of carbonyl (C=O) groups excluding carboxylic acids is 1. The molecular weight excluding hydrogens is 360 g/mol. The van der Waals surface area contributed by atoms with E-state index in [9.17, 15) is 4.79 Å². The maximum absolute atomic E-state index is 12.2. The second kappa shape index (κ2) is 8.77. The van der Waals surface area contributed by atoms with Gasteiger partial charge >= 0.3 is 0 Å². The minimum Gasteiger partial charge on any atom is -0.497 e. The van der Waals surface area contributed by atoms with E-state index in [0.717, 1.165) is 22.7 Å². The number of nitrogens with one attached hydrogen (secondary N) is 1. The summed E-state index contributed by atoms with van der Waals surface area (Å²) in [5, 5.41) is 3.36. The number of amidine groups is 1. The molecule has 1 fully saturated rings. The van der Waals surface area contributed by atoms with Crippen LogP contribution in [0.4, 0.5) is 5.69 Å². The van der Waals surface area contributed by atoms with Gasteiger partial charge in [-0.2, -0.15) is 0 Å². The first kappa shape index (κ1) is 19.0. The molecule has 0 atom stereocenters. The van der Waals surface area contributed by atoms with Crippen LogP contribution in [0.25, 0.3) is 6.08 Å².